The summed E-state index contributed by atoms with van der Waals surface area (Å²) >= 11 is 5.91. The number of hydrogen-bond acceptors (Lipinski definition) is 3. The number of nitrogens with zero attached hydrogens (tertiary/aromatic N) is 2. The average molecular weight is 334 g/mol. The van der Waals surface area contributed by atoms with Crippen molar-refractivity contribution in [2.24, 2.45) is 0 Å². The number of H-pyrrole nitrogens is 1. The lowest BCUT2D eigenvalue weighted by molar-refractivity contribution is 0.292. The van der Waals surface area contributed by atoms with E-state index in [9.17, 15) is 4.39 Å². The molecule has 0 aliphatic rings. The summed E-state index contributed by atoms with van der Waals surface area (Å²) in [7, 11) is 0. The maximum atomic E-state index is 13.8. The fourth-order valence-corrected chi connectivity index (χ4v) is 2.55. The quantitative estimate of drug-likeness (QED) is 0.760. The van der Waals surface area contributed by atoms with Crippen LogP contribution in [0.2, 0.25) is 5.02 Å². The number of benzene rings is 1. The van der Waals surface area contributed by atoms with E-state index in [2.05, 4.69) is 15.2 Å². The maximum Gasteiger partial charge on any atom is 0.145 e. The molecule has 2 heterocycles. The van der Waals surface area contributed by atoms with Crippen molar-refractivity contribution in [3.8, 4) is 5.75 Å². The van der Waals surface area contributed by atoms with Crippen LogP contribution in [0.25, 0.3) is 11.0 Å². The van der Waals surface area contributed by atoms with Crippen LogP contribution >= 0.6 is 11.6 Å². The molecular formula is C17H17ClFN3O. The number of halogens is 2. The van der Waals surface area contributed by atoms with E-state index in [0.29, 0.717) is 11.4 Å². The fourth-order valence-electron chi connectivity index (χ4n) is 2.39. The molecule has 0 fully saturated rings. The lowest BCUT2D eigenvalue weighted by atomic mass is 9.86. The Morgan fingerprint density at radius 1 is 1.30 bits per heavy atom. The SMILES string of the molecule is CC(C)(C)c1cc(Cl)c(F)cc1OCc1n[nH]c2cccnc12. The normalized spacial score (nSPS) is 11.9. The molecule has 1 aromatic carbocycles. The van der Waals surface area contributed by atoms with Gasteiger partial charge in [-0.3, -0.25) is 10.1 Å². The zero-order chi connectivity index (χ0) is 16.6. The third kappa shape index (κ3) is 3.15. The Balaban J connectivity index is 1.92. The van der Waals surface area contributed by atoms with Gasteiger partial charge < -0.3 is 4.74 Å². The van der Waals surface area contributed by atoms with Crippen LogP contribution in [0, 0.1) is 5.82 Å². The fraction of sp³-hybridized carbons (Fsp3) is 0.294. The minimum absolute atomic E-state index is 0.0918. The summed E-state index contributed by atoms with van der Waals surface area (Å²) in [6.45, 7) is 6.26. The van der Waals surface area contributed by atoms with Gasteiger partial charge in [-0.05, 0) is 23.6 Å². The lowest BCUT2D eigenvalue weighted by Crippen LogP contribution is -2.14. The smallest absolute Gasteiger partial charge is 0.145 e. The highest BCUT2D eigenvalue weighted by atomic mass is 35.5. The van der Waals surface area contributed by atoms with Gasteiger partial charge in [0.05, 0.1) is 10.5 Å². The number of pyridine rings is 1. The van der Waals surface area contributed by atoms with Gasteiger partial charge in [-0.25, -0.2) is 4.39 Å². The van der Waals surface area contributed by atoms with Crippen molar-refractivity contribution in [2.75, 3.05) is 0 Å². The van der Waals surface area contributed by atoms with E-state index < -0.39 is 5.82 Å². The van der Waals surface area contributed by atoms with Crippen LogP contribution in [0.3, 0.4) is 0 Å². The van der Waals surface area contributed by atoms with Gasteiger partial charge in [0.25, 0.3) is 0 Å². The third-order valence-electron chi connectivity index (χ3n) is 3.59. The molecule has 23 heavy (non-hydrogen) atoms. The van der Waals surface area contributed by atoms with E-state index in [-0.39, 0.29) is 17.0 Å². The molecule has 0 bridgehead atoms. The molecule has 0 spiro atoms. The molecule has 2 aromatic heterocycles. The number of aromatic nitrogens is 3. The van der Waals surface area contributed by atoms with Crippen molar-refractivity contribution in [1.29, 1.82) is 0 Å². The first-order valence-corrected chi connectivity index (χ1v) is 7.64. The van der Waals surface area contributed by atoms with Gasteiger partial charge in [-0.1, -0.05) is 32.4 Å². The molecule has 1 N–H and O–H groups in total. The zero-order valence-electron chi connectivity index (χ0n) is 13.2. The molecule has 0 aliphatic carbocycles. The minimum Gasteiger partial charge on any atom is -0.487 e. The van der Waals surface area contributed by atoms with Crippen molar-refractivity contribution >= 4 is 22.6 Å². The van der Waals surface area contributed by atoms with E-state index in [1.165, 1.54) is 6.07 Å². The predicted octanol–water partition coefficient (Wildman–Crippen LogP) is 4.63. The van der Waals surface area contributed by atoms with Gasteiger partial charge in [-0.2, -0.15) is 5.10 Å². The molecule has 6 heteroatoms. The molecule has 0 saturated carbocycles. The monoisotopic (exact) mass is 333 g/mol. The molecule has 0 aliphatic heterocycles. The first kappa shape index (κ1) is 15.7. The number of ether oxygens (including phenoxy) is 1. The van der Waals surface area contributed by atoms with E-state index in [4.69, 9.17) is 16.3 Å². The van der Waals surface area contributed by atoms with Crippen LogP contribution in [0.15, 0.2) is 30.5 Å². The van der Waals surface area contributed by atoms with Crippen molar-refractivity contribution in [3.63, 3.8) is 0 Å². The summed E-state index contributed by atoms with van der Waals surface area (Å²) in [6.07, 6.45) is 1.70. The van der Waals surface area contributed by atoms with Crippen molar-refractivity contribution < 1.29 is 9.13 Å². The highest BCUT2D eigenvalue weighted by Crippen LogP contribution is 2.35. The van der Waals surface area contributed by atoms with Crippen LogP contribution in [0.1, 0.15) is 32.0 Å². The maximum absolute atomic E-state index is 13.8. The topological polar surface area (TPSA) is 50.8 Å². The van der Waals surface area contributed by atoms with Crippen molar-refractivity contribution in [2.45, 2.75) is 32.8 Å². The average Bonchev–Trinajstić information content (AvgIpc) is 2.90. The van der Waals surface area contributed by atoms with Gasteiger partial charge in [0, 0.05) is 17.8 Å². The molecule has 3 rings (SSSR count). The second-order valence-corrected chi connectivity index (χ2v) is 6.78. The molecule has 3 aromatic rings. The molecule has 0 unspecified atom stereocenters. The van der Waals surface area contributed by atoms with E-state index in [1.54, 1.807) is 12.3 Å². The van der Waals surface area contributed by atoms with E-state index in [1.807, 2.05) is 32.9 Å². The van der Waals surface area contributed by atoms with E-state index >= 15 is 0 Å². The molecular weight excluding hydrogens is 317 g/mol. The Morgan fingerprint density at radius 3 is 2.83 bits per heavy atom. The Labute approximate surface area is 138 Å². The Bertz CT molecular complexity index is 855. The molecule has 0 radical (unpaired) electrons. The third-order valence-corrected chi connectivity index (χ3v) is 3.88. The summed E-state index contributed by atoms with van der Waals surface area (Å²) in [5, 5.41) is 7.20. The Hall–Kier alpha value is -2.14. The number of aromatic amines is 1. The summed E-state index contributed by atoms with van der Waals surface area (Å²) in [5.41, 5.74) is 2.88. The number of rotatable bonds is 3. The standard InChI is InChI=1S/C17H17ClFN3O/c1-17(2,3)10-7-11(18)12(19)8-15(10)23-9-14-16-13(21-22-14)5-4-6-20-16/h4-8H,9H2,1-3H3,(H,21,22). The molecule has 0 atom stereocenters. The second-order valence-electron chi connectivity index (χ2n) is 6.37. The Kier molecular flexibility index (Phi) is 3.98. The highest BCUT2D eigenvalue weighted by molar-refractivity contribution is 6.30. The summed E-state index contributed by atoms with van der Waals surface area (Å²) < 4.78 is 19.7. The summed E-state index contributed by atoms with van der Waals surface area (Å²) in [5.74, 6) is -0.0360. The first-order chi connectivity index (χ1) is 10.9. The highest BCUT2D eigenvalue weighted by Gasteiger charge is 2.22. The van der Waals surface area contributed by atoms with Gasteiger partial charge in [0.15, 0.2) is 0 Å². The molecule has 4 nitrogen and oxygen atoms in total. The Morgan fingerprint density at radius 2 is 2.09 bits per heavy atom. The van der Waals surface area contributed by atoms with Crippen LogP contribution < -0.4 is 4.74 Å². The number of fused-ring (bicyclic) bond motifs is 1. The van der Waals surface area contributed by atoms with Crippen molar-refractivity contribution in [1.82, 2.24) is 15.2 Å². The van der Waals surface area contributed by atoms with Crippen LogP contribution in [-0.2, 0) is 12.0 Å². The van der Waals surface area contributed by atoms with Gasteiger partial charge >= 0.3 is 0 Å². The van der Waals surface area contributed by atoms with Gasteiger partial charge in [0.1, 0.15) is 29.4 Å². The molecule has 0 saturated heterocycles. The summed E-state index contributed by atoms with van der Waals surface area (Å²) in [6, 6.07) is 6.66. The minimum atomic E-state index is -0.500. The van der Waals surface area contributed by atoms with Crippen LogP contribution in [-0.4, -0.2) is 15.2 Å². The number of nitrogens with one attached hydrogen (secondary N) is 1. The van der Waals surface area contributed by atoms with Crippen molar-refractivity contribution in [3.05, 3.63) is 52.6 Å². The van der Waals surface area contributed by atoms with Gasteiger partial charge in [-0.15, -0.1) is 0 Å². The predicted molar refractivity (Wildman–Crippen MR) is 88.3 cm³/mol. The van der Waals surface area contributed by atoms with Gasteiger partial charge in [0.2, 0.25) is 0 Å². The van der Waals surface area contributed by atoms with Crippen LogP contribution in [0.5, 0.6) is 5.75 Å². The number of hydrogen-bond donors (Lipinski definition) is 1. The molecule has 0 amide bonds. The molecule has 120 valence electrons. The first-order valence-electron chi connectivity index (χ1n) is 7.26. The second kappa shape index (κ2) is 5.81. The lowest BCUT2D eigenvalue weighted by Gasteiger charge is -2.23. The van der Waals surface area contributed by atoms with E-state index in [0.717, 1.165) is 16.6 Å². The largest absolute Gasteiger partial charge is 0.487 e. The van der Waals surface area contributed by atoms with Crippen LogP contribution in [0.4, 0.5) is 4.39 Å². The zero-order valence-corrected chi connectivity index (χ0v) is 13.9. The summed E-state index contributed by atoms with van der Waals surface area (Å²) in [4.78, 5) is 4.29.